The second-order valence-corrected chi connectivity index (χ2v) is 5.47. The lowest BCUT2D eigenvalue weighted by Crippen LogP contribution is -2.37. The van der Waals surface area contributed by atoms with Gasteiger partial charge in [0.05, 0.1) is 18.7 Å². The van der Waals surface area contributed by atoms with E-state index in [0.29, 0.717) is 24.6 Å². The number of benzene rings is 1. The predicted octanol–water partition coefficient (Wildman–Crippen LogP) is 3.02. The largest absolute Gasteiger partial charge is 0.416 e. The molecule has 144 valence electrons. The first-order valence-corrected chi connectivity index (χ1v) is 7.84. The van der Waals surface area contributed by atoms with Crippen LogP contribution in [0.5, 0.6) is 0 Å². The van der Waals surface area contributed by atoms with Crippen LogP contribution in [0.2, 0.25) is 0 Å². The van der Waals surface area contributed by atoms with Crippen molar-refractivity contribution in [1.82, 2.24) is 25.4 Å². The number of rotatable bonds is 5. The molecule has 0 aliphatic heterocycles. The molecule has 1 heterocycles. The third-order valence-electron chi connectivity index (χ3n) is 3.61. The third kappa shape index (κ3) is 6.15. The van der Waals surface area contributed by atoms with Crippen LogP contribution in [0.1, 0.15) is 29.7 Å². The molecular formula is C16H22F3IN6. The monoisotopic (exact) mass is 482 g/mol. The molecule has 6 nitrogen and oxygen atoms in total. The van der Waals surface area contributed by atoms with Gasteiger partial charge in [-0.3, -0.25) is 0 Å². The SMILES string of the molecule is CCNC(=NCc1cccc(C(F)(F)F)c1)NCc1nnc(C)n1C.I. The van der Waals surface area contributed by atoms with E-state index < -0.39 is 11.7 Å². The molecule has 1 aromatic heterocycles. The Labute approximate surface area is 167 Å². The van der Waals surface area contributed by atoms with E-state index in [1.54, 1.807) is 6.07 Å². The lowest BCUT2D eigenvalue weighted by molar-refractivity contribution is -0.137. The molecule has 0 saturated carbocycles. The molecule has 0 atom stereocenters. The summed E-state index contributed by atoms with van der Waals surface area (Å²) in [5.41, 5.74) is -0.186. The van der Waals surface area contributed by atoms with Crippen molar-refractivity contribution in [2.75, 3.05) is 6.54 Å². The van der Waals surface area contributed by atoms with Crippen molar-refractivity contribution in [3.05, 3.63) is 47.0 Å². The quantitative estimate of drug-likeness (QED) is 0.391. The van der Waals surface area contributed by atoms with Gasteiger partial charge in [0.25, 0.3) is 0 Å². The summed E-state index contributed by atoms with van der Waals surface area (Å²) >= 11 is 0. The lowest BCUT2D eigenvalue weighted by Gasteiger charge is -2.11. The summed E-state index contributed by atoms with van der Waals surface area (Å²) in [6.07, 6.45) is -4.36. The summed E-state index contributed by atoms with van der Waals surface area (Å²) < 4.78 is 40.1. The van der Waals surface area contributed by atoms with Gasteiger partial charge in [-0.05, 0) is 31.5 Å². The van der Waals surface area contributed by atoms with Gasteiger partial charge in [0.15, 0.2) is 11.8 Å². The summed E-state index contributed by atoms with van der Waals surface area (Å²) in [6.45, 7) is 4.94. The van der Waals surface area contributed by atoms with Gasteiger partial charge >= 0.3 is 6.18 Å². The Morgan fingerprint density at radius 1 is 1.23 bits per heavy atom. The number of aliphatic imine (C=N–C) groups is 1. The van der Waals surface area contributed by atoms with E-state index >= 15 is 0 Å². The molecule has 2 N–H and O–H groups in total. The Balaban J connectivity index is 0.00000338. The molecular weight excluding hydrogens is 460 g/mol. The number of hydrogen-bond donors (Lipinski definition) is 2. The minimum atomic E-state index is -4.36. The van der Waals surface area contributed by atoms with Crippen LogP contribution >= 0.6 is 24.0 Å². The molecule has 0 unspecified atom stereocenters. The van der Waals surface area contributed by atoms with Crippen molar-refractivity contribution in [1.29, 1.82) is 0 Å². The average molecular weight is 482 g/mol. The van der Waals surface area contributed by atoms with Crippen molar-refractivity contribution in [3.63, 3.8) is 0 Å². The topological polar surface area (TPSA) is 67.1 Å². The number of aromatic nitrogens is 3. The Morgan fingerprint density at radius 2 is 1.96 bits per heavy atom. The van der Waals surface area contributed by atoms with Crippen molar-refractivity contribution in [2.24, 2.45) is 12.0 Å². The predicted molar refractivity (Wildman–Crippen MR) is 104 cm³/mol. The molecule has 0 saturated heterocycles. The van der Waals surface area contributed by atoms with E-state index in [1.165, 1.54) is 6.07 Å². The van der Waals surface area contributed by atoms with Gasteiger partial charge in [0.1, 0.15) is 5.82 Å². The van der Waals surface area contributed by atoms with Crippen molar-refractivity contribution in [3.8, 4) is 0 Å². The maximum Gasteiger partial charge on any atom is 0.416 e. The van der Waals surface area contributed by atoms with Crippen molar-refractivity contribution in [2.45, 2.75) is 33.1 Å². The van der Waals surface area contributed by atoms with Gasteiger partial charge in [-0.1, -0.05) is 12.1 Å². The standard InChI is InChI=1S/C16H21F3N6.HI/c1-4-20-15(22-10-14-24-23-11(2)25(14)3)21-9-12-6-5-7-13(8-12)16(17,18)19;/h5-8H,4,9-10H2,1-3H3,(H2,20,21,22);1H. The zero-order chi connectivity index (χ0) is 18.4. The Hall–Kier alpha value is -1.85. The summed E-state index contributed by atoms with van der Waals surface area (Å²) in [4.78, 5) is 4.33. The van der Waals surface area contributed by atoms with Gasteiger partial charge in [-0.25, -0.2) is 4.99 Å². The smallest absolute Gasteiger partial charge is 0.357 e. The van der Waals surface area contributed by atoms with Crippen LogP contribution in [0.25, 0.3) is 0 Å². The van der Waals surface area contributed by atoms with E-state index in [4.69, 9.17) is 0 Å². The van der Waals surface area contributed by atoms with Crippen LogP contribution < -0.4 is 10.6 Å². The Morgan fingerprint density at radius 3 is 2.54 bits per heavy atom. The Kier molecular flexibility index (Phi) is 8.31. The first kappa shape index (κ1) is 22.2. The molecule has 0 amide bonds. The highest BCUT2D eigenvalue weighted by molar-refractivity contribution is 14.0. The average Bonchev–Trinajstić information content (AvgIpc) is 2.89. The normalized spacial score (nSPS) is 11.8. The molecule has 2 rings (SSSR count). The second kappa shape index (κ2) is 9.74. The third-order valence-corrected chi connectivity index (χ3v) is 3.61. The molecule has 0 aliphatic rings. The molecule has 0 spiro atoms. The van der Waals surface area contributed by atoms with Crippen LogP contribution in [0, 0.1) is 6.92 Å². The number of alkyl halides is 3. The fourth-order valence-corrected chi connectivity index (χ4v) is 2.13. The molecule has 1 aromatic carbocycles. The molecule has 0 fully saturated rings. The van der Waals surface area contributed by atoms with Crippen LogP contribution in [-0.2, 0) is 26.3 Å². The number of nitrogens with zero attached hydrogens (tertiary/aromatic N) is 4. The van der Waals surface area contributed by atoms with E-state index in [2.05, 4.69) is 25.8 Å². The fraction of sp³-hybridized carbons (Fsp3) is 0.438. The van der Waals surface area contributed by atoms with Crippen molar-refractivity contribution < 1.29 is 13.2 Å². The molecule has 2 aromatic rings. The maximum atomic E-state index is 12.8. The number of halogens is 4. The number of hydrogen-bond acceptors (Lipinski definition) is 3. The van der Waals surface area contributed by atoms with E-state index in [9.17, 15) is 13.2 Å². The van der Waals surface area contributed by atoms with Gasteiger partial charge < -0.3 is 15.2 Å². The first-order valence-electron chi connectivity index (χ1n) is 7.84. The minimum absolute atomic E-state index is 0. The minimum Gasteiger partial charge on any atom is -0.357 e. The zero-order valence-corrected chi connectivity index (χ0v) is 17.1. The molecule has 0 radical (unpaired) electrons. The second-order valence-electron chi connectivity index (χ2n) is 5.47. The molecule has 26 heavy (non-hydrogen) atoms. The molecule has 0 aliphatic carbocycles. The molecule has 0 bridgehead atoms. The molecule has 10 heteroatoms. The Bertz CT molecular complexity index is 742. The number of nitrogens with one attached hydrogen (secondary N) is 2. The fourth-order valence-electron chi connectivity index (χ4n) is 2.13. The summed E-state index contributed by atoms with van der Waals surface area (Å²) in [5, 5.41) is 14.2. The summed E-state index contributed by atoms with van der Waals surface area (Å²) in [6, 6.07) is 5.16. The summed E-state index contributed by atoms with van der Waals surface area (Å²) in [7, 11) is 1.86. The van der Waals surface area contributed by atoms with Crippen LogP contribution in [0.4, 0.5) is 13.2 Å². The van der Waals surface area contributed by atoms with Gasteiger partial charge in [-0.2, -0.15) is 13.2 Å². The van der Waals surface area contributed by atoms with Gasteiger partial charge in [0, 0.05) is 13.6 Å². The van der Waals surface area contributed by atoms with Crippen LogP contribution in [-0.4, -0.2) is 27.3 Å². The van der Waals surface area contributed by atoms with E-state index in [-0.39, 0.29) is 30.5 Å². The number of aryl methyl sites for hydroxylation is 1. The van der Waals surface area contributed by atoms with Crippen molar-refractivity contribution >= 4 is 29.9 Å². The summed E-state index contributed by atoms with van der Waals surface area (Å²) in [5.74, 6) is 2.03. The van der Waals surface area contributed by atoms with Gasteiger partial charge in [0.2, 0.25) is 0 Å². The highest BCUT2D eigenvalue weighted by Crippen LogP contribution is 2.29. The highest BCUT2D eigenvalue weighted by atomic mass is 127. The lowest BCUT2D eigenvalue weighted by atomic mass is 10.1. The van der Waals surface area contributed by atoms with Gasteiger partial charge in [-0.15, -0.1) is 34.2 Å². The first-order chi connectivity index (χ1) is 11.8. The van der Waals surface area contributed by atoms with E-state index in [0.717, 1.165) is 23.8 Å². The van der Waals surface area contributed by atoms with Crippen LogP contribution in [0.15, 0.2) is 29.3 Å². The zero-order valence-electron chi connectivity index (χ0n) is 14.8. The number of guanidine groups is 1. The van der Waals surface area contributed by atoms with E-state index in [1.807, 2.05) is 25.5 Å². The maximum absolute atomic E-state index is 12.8. The van der Waals surface area contributed by atoms with Crippen LogP contribution in [0.3, 0.4) is 0 Å². The highest BCUT2D eigenvalue weighted by Gasteiger charge is 2.30.